The number of imide groups is 1. The second kappa shape index (κ2) is 8.83. The van der Waals surface area contributed by atoms with Gasteiger partial charge in [0, 0.05) is 36.0 Å². The van der Waals surface area contributed by atoms with E-state index in [1.807, 2.05) is 0 Å². The molecule has 0 unspecified atom stereocenters. The fourth-order valence-corrected chi connectivity index (χ4v) is 4.33. The van der Waals surface area contributed by atoms with Crippen molar-refractivity contribution in [3.8, 4) is 11.5 Å². The maximum Gasteiger partial charge on any atom is 0.292 e. The Hall–Kier alpha value is -3.66. The molecule has 2 aromatic carbocycles. The van der Waals surface area contributed by atoms with Crippen molar-refractivity contribution >= 4 is 28.9 Å². The van der Waals surface area contributed by atoms with Crippen LogP contribution in [0.15, 0.2) is 42.5 Å². The number of nitrogens with one attached hydrogen (secondary N) is 1. The SMILES string of the molecule is COc1cc(OC)cc(N2C(=O)C[C@H]([NH+]3CCN(c4ccc([N+](=O)[O-])cc4)CC3)C2=O)c1. The van der Waals surface area contributed by atoms with Gasteiger partial charge in [-0.1, -0.05) is 0 Å². The minimum absolute atomic E-state index is 0.0577. The van der Waals surface area contributed by atoms with E-state index in [-0.39, 0.29) is 23.9 Å². The van der Waals surface area contributed by atoms with Gasteiger partial charge in [-0.05, 0) is 12.1 Å². The number of carbonyl (C=O) groups excluding carboxylic acids is 2. The average molecular weight is 441 g/mol. The van der Waals surface area contributed by atoms with E-state index < -0.39 is 11.0 Å². The number of quaternary nitrogens is 1. The summed E-state index contributed by atoms with van der Waals surface area (Å²) < 4.78 is 10.5. The molecule has 4 rings (SSSR count). The van der Waals surface area contributed by atoms with Crippen LogP contribution in [0.4, 0.5) is 17.1 Å². The Morgan fingerprint density at radius 1 is 0.969 bits per heavy atom. The zero-order chi connectivity index (χ0) is 22.8. The smallest absolute Gasteiger partial charge is 0.292 e. The van der Waals surface area contributed by atoms with Crippen LogP contribution in [0.3, 0.4) is 0 Å². The Balaban J connectivity index is 1.44. The number of benzene rings is 2. The van der Waals surface area contributed by atoms with E-state index in [2.05, 4.69) is 4.90 Å². The Kier molecular flexibility index (Phi) is 5.95. The Morgan fingerprint density at radius 3 is 2.09 bits per heavy atom. The molecular weight excluding hydrogens is 416 g/mol. The quantitative estimate of drug-likeness (QED) is 0.399. The van der Waals surface area contributed by atoms with Crippen molar-refractivity contribution in [3.05, 3.63) is 52.6 Å². The third kappa shape index (κ3) is 4.09. The predicted octanol–water partition coefficient (Wildman–Crippen LogP) is 0.649. The van der Waals surface area contributed by atoms with Gasteiger partial charge in [0.05, 0.1) is 57.4 Å². The third-order valence-electron chi connectivity index (χ3n) is 6.07. The van der Waals surface area contributed by atoms with Gasteiger partial charge in [0.15, 0.2) is 6.04 Å². The van der Waals surface area contributed by atoms with Crippen LogP contribution in [-0.2, 0) is 9.59 Å². The maximum absolute atomic E-state index is 13.2. The number of nitro benzene ring substituents is 1. The number of ether oxygens (including phenoxy) is 2. The fourth-order valence-electron chi connectivity index (χ4n) is 4.33. The molecule has 2 amide bonds. The molecule has 168 valence electrons. The normalized spacial score (nSPS) is 19.4. The van der Waals surface area contributed by atoms with Gasteiger partial charge in [-0.2, -0.15) is 0 Å². The minimum Gasteiger partial charge on any atom is -0.497 e. The van der Waals surface area contributed by atoms with Crippen molar-refractivity contribution in [2.45, 2.75) is 12.5 Å². The molecule has 10 heteroatoms. The largest absolute Gasteiger partial charge is 0.497 e. The zero-order valence-electron chi connectivity index (χ0n) is 17.9. The third-order valence-corrected chi connectivity index (χ3v) is 6.07. The monoisotopic (exact) mass is 441 g/mol. The van der Waals surface area contributed by atoms with E-state index in [1.165, 1.54) is 31.3 Å². The summed E-state index contributed by atoms with van der Waals surface area (Å²) in [5, 5.41) is 10.8. The summed E-state index contributed by atoms with van der Waals surface area (Å²) in [5.74, 6) is 0.560. The lowest BCUT2D eigenvalue weighted by Crippen LogP contribution is -3.19. The zero-order valence-corrected chi connectivity index (χ0v) is 17.9. The molecule has 10 nitrogen and oxygen atoms in total. The van der Waals surface area contributed by atoms with Crippen LogP contribution in [-0.4, -0.2) is 63.2 Å². The van der Waals surface area contributed by atoms with Crippen LogP contribution in [0.2, 0.25) is 0 Å². The van der Waals surface area contributed by atoms with E-state index in [9.17, 15) is 19.7 Å². The molecule has 0 aromatic heterocycles. The first kappa shape index (κ1) is 21.6. The molecule has 0 radical (unpaired) electrons. The summed E-state index contributed by atoms with van der Waals surface area (Å²) in [4.78, 5) is 40.8. The summed E-state index contributed by atoms with van der Waals surface area (Å²) in [6.45, 7) is 2.77. The maximum atomic E-state index is 13.2. The molecule has 0 saturated carbocycles. The number of nitrogens with zero attached hydrogens (tertiary/aromatic N) is 3. The molecular formula is C22H25N4O6+. The lowest BCUT2D eigenvalue weighted by atomic mass is 10.1. The molecule has 0 spiro atoms. The van der Waals surface area contributed by atoms with Crippen molar-refractivity contribution in [2.24, 2.45) is 0 Å². The second-order valence-electron chi connectivity index (χ2n) is 7.81. The molecule has 32 heavy (non-hydrogen) atoms. The van der Waals surface area contributed by atoms with Crippen LogP contribution in [0.25, 0.3) is 0 Å². The van der Waals surface area contributed by atoms with Gasteiger partial charge in [0.25, 0.3) is 11.6 Å². The number of non-ortho nitro benzene ring substituents is 1. The summed E-state index contributed by atoms with van der Waals surface area (Å²) in [7, 11) is 3.03. The standard InChI is InChI=1S/C22H24N4O6/c1-31-18-11-17(12-19(13-18)32-2)25-21(27)14-20(22(25)28)24-9-7-23(8-10-24)15-3-5-16(6-4-15)26(29)30/h3-6,11-13,20H,7-10,14H2,1-2H3/p+1/t20-/m0/s1. The van der Waals surface area contributed by atoms with Crippen molar-refractivity contribution < 1.29 is 28.9 Å². The van der Waals surface area contributed by atoms with Crippen LogP contribution < -0.4 is 24.2 Å². The number of rotatable bonds is 6. The second-order valence-corrected chi connectivity index (χ2v) is 7.81. The average Bonchev–Trinajstić information content (AvgIpc) is 3.12. The van der Waals surface area contributed by atoms with E-state index >= 15 is 0 Å². The molecule has 0 aliphatic carbocycles. The topological polar surface area (TPSA) is 107 Å². The molecule has 2 saturated heterocycles. The van der Waals surface area contributed by atoms with E-state index in [0.717, 1.165) is 10.6 Å². The number of hydrogen-bond acceptors (Lipinski definition) is 7. The highest BCUT2D eigenvalue weighted by atomic mass is 16.6. The first-order chi connectivity index (χ1) is 15.4. The number of carbonyl (C=O) groups is 2. The van der Waals surface area contributed by atoms with E-state index in [4.69, 9.17) is 9.47 Å². The highest BCUT2D eigenvalue weighted by Gasteiger charge is 2.46. The highest BCUT2D eigenvalue weighted by molar-refractivity contribution is 6.22. The van der Waals surface area contributed by atoms with Gasteiger partial charge in [-0.15, -0.1) is 0 Å². The van der Waals surface area contributed by atoms with E-state index in [1.54, 1.807) is 30.3 Å². The molecule has 2 aromatic rings. The van der Waals surface area contributed by atoms with Crippen LogP contribution in [0.5, 0.6) is 11.5 Å². The van der Waals surface area contributed by atoms with Crippen molar-refractivity contribution in [1.82, 2.24) is 0 Å². The van der Waals surface area contributed by atoms with Gasteiger partial charge >= 0.3 is 0 Å². The lowest BCUT2D eigenvalue weighted by molar-refractivity contribution is -0.915. The molecule has 2 aliphatic heterocycles. The molecule has 1 atom stereocenters. The van der Waals surface area contributed by atoms with Gasteiger partial charge < -0.3 is 19.3 Å². The Labute approximate surface area is 185 Å². The van der Waals surface area contributed by atoms with Gasteiger partial charge in [-0.3, -0.25) is 19.7 Å². The molecule has 2 aliphatic rings. The summed E-state index contributed by atoms with van der Waals surface area (Å²) in [6, 6.07) is 11.0. The molecule has 2 heterocycles. The first-order valence-corrected chi connectivity index (χ1v) is 10.3. The molecule has 1 N–H and O–H groups in total. The Bertz CT molecular complexity index is 1010. The number of amides is 2. The lowest BCUT2D eigenvalue weighted by Gasteiger charge is -2.35. The van der Waals surface area contributed by atoms with Crippen molar-refractivity contribution in [3.63, 3.8) is 0 Å². The van der Waals surface area contributed by atoms with Gasteiger partial charge in [0.2, 0.25) is 5.91 Å². The summed E-state index contributed by atoms with van der Waals surface area (Å²) >= 11 is 0. The first-order valence-electron chi connectivity index (χ1n) is 10.3. The number of hydrogen-bond donors (Lipinski definition) is 1. The molecule has 2 fully saturated rings. The Morgan fingerprint density at radius 2 is 1.56 bits per heavy atom. The van der Waals surface area contributed by atoms with E-state index in [0.29, 0.717) is 43.4 Å². The van der Waals surface area contributed by atoms with Gasteiger partial charge in [-0.25, -0.2) is 4.90 Å². The number of anilines is 2. The van der Waals surface area contributed by atoms with Crippen LogP contribution in [0.1, 0.15) is 6.42 Å². The minimum atomic E-state index is -0.432. The van der Waals surface area contributed by atoms with Crippen molar-refractivity contribution in [2.75, 3.05) is 50.2 Å². The number of nitro groups is 1. The molecule has 0 bridgehead atoms. The number of methoxy groups -OCH3 is 2. The number of piperazine rings is 1. The van der Waals surface area contributed by atoms with Crippen LogP contribution in [0, 0.1) is 10.1 Å². The van der Waals surface area contributed by atoms with Gasteiger partial charge in [0.1, 0.15) is 11.5 Å². The summed E-state index contributed by atoms with van der Waals surface area (Å²) in [5.41, 5.74) is 1.42. The van der Waals surface area contributed by atoms with Crippen molar-refractivity contribution in [1.29, 1.82) is 0 Å². The van der Waals surface area contributed by atoms with Crippen LogP contribution >= 0.6 is 0 Å². The highest BCUT2D eigenvalue weighted by Crippen LogP contribution is 2.31. The predicted molar refractivity (Wildman–Crippen MR) is 116 cm³/mol. The summed E-state index contributed by atoms with van der Waals surface area (Å²) in [6.07, 6.45) is 0.158. The fraction of sp³-hybridized carbons (Fsp3) is 0.364.